The molecule has 0 spiro atoms. The third kappa shape index (κ3) is 3.47. The molecule has 108 valence electrons. The monoisotopic (exact) mass is 293 g/mol. The van der Waals surface area contributed by atoms with Crippen LogP contribution in [-0.2, 0) is 10.2 Å². The Morgan fingerprint density at radius 1 is 1.15 bits per heavy atom. The third-order valence-electron chi connectivity index (χ3n) is 3.08. The number of benzene rings is 2. The van der Waals surface area contributed by atoms with Gasteiger partial charge in [0, 0.05) is 13.6 Å². The van der Waals surface area contributed by atoms with Gasteiger partial charge in [0.05, 0.1) is 5.69 Å². The largest absolute Gasteiger partial charge is 0.330 e. The summed E-state index contributed by atoms with van der Waals surface area (Å²) in [5.74, 6) is 0. The second-order valence-electron chi connectivity index (χ2n) is 4.63. The van der Waals surface area contributed by atoms with Gasteiger partial charge < -0.3 is 5.73 Å². The Bertz CT molecular complexity index is 686. The number of anilines is 1. The minimum atomic E-state index is -3.53. The van der Waals surface area contributed by atoms with Crippen molar-refractivity contribution in [2.75, 3.05) is 24.9 Å². The van der Waals surface area contributed by atoms with Crippen molar-refractivity contribution in [1.29, 1.82) is 0 Å². The fourth-order valence-corrected chi connectivity index (χ4v) is 2.86. The quantitative estimate of drug-likeness (QED) is 0.852. The topological polar surface area (TPSA) is 75.4 Å². The van der Waals surface area contributed by atoms with Crippen molar-refractivity contribution in [2.45, 2.75) is 6.42 Å². The zero-order valence-electron chi connectivity index (χ0n) is 11.4. The molecule has 0 bridgehead atoms. The molecular weight excluding hydrogens is 274 g/mol. The Morgan fingerprint density at radius 2 is 1.85 bits per heavy atom. The average Bonchev–Trinajstić information content (AvgIpc) is 2.44. The molecule has 0 saturated heterocycles. The predicted octanol–water partition coefficient (Wildman–Crippen LogP) is 1.78. The molecule has 0 fully saturated rings. The van der Waals surface area contributed by atoms with E-state index in [0.29, 0.717) is 25.2 Å². The van der Waals surface area contributed by atoms with Crippen LogP contribution in [0.15, 0.2) is 42.5 Å². The van der Waals surface area contributed by atoms with Crippen LogP contribution < -0.4 is 10.5 Å². The standard InChI is InChI=1S/C14H19N3O2S/c1-17(10-4-9-15)20(18,19)16-14-8-7-12-5-2-3-6-13(12)11-14/h2-3,5-8,11,16H,4,9-10,15H2,1H3. The summed E-state index contributed by atoms with van der Waals surface area (Å²) in [6.07, 6.45) is 0.634. The molecule has 0 aliphatic heterocycles. The molecule has 3 N–H and O–H groups in total. The van der Waals surface area contributed by atoms with Gasteiger partial charge in [-0.1, -0.05) is 30.3 Å². The maximum absolute atomic E-state index is 12.1. The van der Waals surface area contributed by atoms with Crippen molar-refractivity contribution in [2.24, 2.45) is 5.73 Å². The SMILES string of the molecule is CN(CCCN)S(=O)(=O)Nc1ccc2ccccc2c1. The molecule has 0 radical (unpaired) electrons. The summed E-state index contributed by atoms with van der Waals surface area (Å²) in [6, 6.07) is 13.3. The van der Waals surface area contributed by atoms with E-state index in [1.807, 2.05) is 36.4 Å². The predicted molar refractivity (Wildman–Crippen MR) is 82.8 cm³/mol. The lowest BCUT2D eigenvalue weighted by Gasteiger charge is -2.18. The van der Waals surface area contributed by atoms with Crippen LogP contribution in [0.25, 0.3) is 10.8 Å². The van der Waals surface area contributed by atoms with Crippen LogP contribution in [0.5, 0.6) is 0 Å². The molecule has 0 heterocycles. The van der Waals surface area contributed by atoms with Crippen molar-refractivity contribution in [3.8, 4) is 0 Å². The molecule has 0 aromatic heterocycles. The highest BCUT2D eigenvalue weighted by Gasteiger charge is 2.16. The number of rotatable bonds is 6. The Hall–Kier alpha value is -1.63. The van der Waals surface area contributed by atoms with Gasteiger partial charge in [0.15, 0.2) is 0 Å². The first-order chi connectivity index (χ1) is 9.53. The van der Waals surface area contributed by atoms with E-state index >= 15 is 0 Å². The number of nitrogens with two attached hydrogens (primary N) is 1. The minimum Gasteiger partial charge on any atom is -0.330 e. The van der Waals surface area contributed by atoms with E-state index in [1.165, 1.54) is 4.31 Å². The summed E-state index contributed by atoms with van der Waals surface area (Å²) in [5.41, 5.74) is 5.95. The molecule has 2 aromatic rings. The van der Waals surface area contributed by atoms with Crippen molar-refractivity contribution < 1.29 is 8.42 Å². The van der Waals surface area contributed by atoms with Crippen LogP contribution in [-0.4, -0.2) is 32.9 Å². The molecular formula is C14H19N3O2S. The number of fused-ring (bicyclic) bond motifs is 1. The van der Waals surface area contributed by atoms with E-state index in [2.05, 4.69) is 4.72 Å². The molecule has 0 amide bonds. The van der Waals surface area contributed by atoms with Crippen molar-refractivity contribution in [3.63, 3.8) is 0 Å². The fourth-order valence-electron chi connectivity index (χ4n) is 1.91. The normalized spacial score (nSPS) is 11.9. The molecule has 0 saturated carbocycles. The van der Waals surface area contributed by atoms with E-state index in [4.69, 9.17) is 5.73 Å². The molecule has 2 rings (SSSR count). The number of hydrogen-bond donors (Lipinski definition) is 2. The minimum absolute atomic E-state index is 0.402. The van der Waals surface area contributed by atoms with Gasteiger partial charge >= 0.3 is 10.2 Å². The summed E-state index contributed by atoms with van der Waals surface area (Å²) in [5, 5.41) is 2.07. The smallest absolute Gasteiger partial charge is 0.301 e. The van der Waals surface area contributed by atoms with Crippen molar-refractivity contribution in [1.82, 2.24) is 4.31 Å². The summed E-state index contributed by atoms with van der Waals surface area (Å²) >= 11 is 0. The average molecular weight is 293 g/mol. The van der Waals surface area contributed by atoms with Gasteiger partial charge in [-0.15, -0.1) is 0 Å². The van der Waals surface area contributed by atoms with Crippen LogP contribution in [0.2, 0.25) is 0 Å². The second-order valence-corrected chi connectivity index (χ2v) is 6.41. The number of hydrogen-bond acceptors (Lipinski definition) is 3. The Balaban J connectivity index is 2.18. The summed E-state index contributed by atoms with van der Waals surface area (Å²) in [6.45, 7) is 0.870. The third-order valence-corrected chi connectivity index (χ3v) is 4.58. The van der Waals surface area contributed by atoms with E-state index in [1.54, 1.807) is 13.1 Å². The van der Waals surface area contributed by atoms with Gasteiger partial charge in [-0.25, -0.2) is 0 Å². The van der Waals surface area contributed by atoms with Crippen LogP contribution in [0.3, 0.4) is 0 Å². The molecule has 0 unspecified atom stereocenters. The fraction of sp³-hybridized carbons (Fsp3) is 0.286. The molecule has 5 nitrogen and oxygen atoms in total. The molecule has 20 heavy (non-hydrogen) atoms. The van der Waals surface area contributed by atoms with Crippen LogP contribution in [0, 0.1) is 0 Å². The van der Waals surface area contributed by atoms with E-state index in [-0.39, 0.29) is 0 Å². The summed E-state index contributed by atoms with van der Waals surface area (Å²) < 4.78 is 28.1. The maximum atomic E-state index is 12.1. The highest BCUT2D eigenvalue weighted by Crippen LogP contribution is 2.20. The van der Waals surface area contributed by atoms with Crippen LogP contribution in [0.4, 0.5) is 5.69 Å². The lowest BCUT2D eigenvalue weighted by atomic mass is 10.1. The molecule has 0 aliphatic carbocycles. The van der Waals surface area contributed by atoms with Gasteiger partial charge in [0.1, 0.15) is 0 Å². The number of nitrogens with zero attached hydrogens (tertiary/aromatic N) is 1. The zero-order chi connectivity index (χ0) is 14.6. The highest BCUT2D eigenvalue weighted by molar-refractivity contribution is 7.90. The molecule has 6 heteroatoms. The maximum Gasteiger partial charge on any atom is 0.301 e. The molecule has 2 aromatic carbocycles. The van der Waals surface area contributed by atoms with Gasteiger partial charge in [-0.3, -0.25) is 4.72 Å². The zero-order valence-corrected chi connectivity index (χ0v) is 12.2. The van der Waals surface area contributed by atoms with E-state index in [9.17, 15) is 8.42 Å². The van der Waals surface area contributed by atoms with E-state index < -0.39 is 10.2 Å². The van der Waals surface area contributed by atoms with Crippen LogP contribution >= 0.6 is 0 Å². The van der Waals surface area contributed by atoms with Gasteiger partial charge in [0.2, 0.25) is 0 Å². The lowest BCUT2D eigenvalue weighted by molar-refractivity contribution is 0.468. The summed E-state index contributed by atoms with van der Waals surface area (Å²) in [7, 11) is -1.99. The van der Waals surface area contributed by atoms with Crippen molar-refractivity contribution in [3.05, 3.63) is 42.5 Å². The molecule has 0 aliphatic rings. The lowest BCUT2D eigenvalue weighted by Crippen LogP contribution is -2.34. The van der Waals surface area contributed by atoms with Crippen molar-refractivity contribution >= 4 is 26.7 Å². The van der Waals surface area contributed by atoms with Gasteiger partial charge in [0.25, 0.3) is 0 Å². The van der Waals surface area contributed by atoms with Gasteiger partial charge in [-0.2, -0.15) is 12.7 Å². The van der Waals surface area contributed by atoms with Crippen LogP contribution in [0.1, 0.15) is 6.42 Å². The second kappa shape index (κ2) is 6.21. The first-order valence-corrected chi connectivity index (χ1v) is 7.90. The first-order valence-electron chi connectivity index (χ1n) is 6.46. The Labute approximate surface area is 119 Å². The molecule has 0 atom stereocenters. The van der Waals surface area contributed by atoms with E-state index in [0.717, 1.165) is 10.8 Å². The Kier molecular flexibility index (Phi) is 4.59. The highest BCUT2D eigenvalue weighted by atomic mass is 32.2. The van der Waals surface area contributed by atoms with Gasteiger partial charge in [-0.05, 0) is 35.9 Å². The Morgan fingerprint density at radius 3 is 2.55 bits per heavy atom. The number of nitrogens with one attached hydrogen (secondary N) is 1. The first kappa shape index (κ1) is 14.8. The summed E-state index contributed by atoms with van der Waals surface area (Å²) in [4.78, 5) is 0.